The van der Waals surface area contributed by atoms with Gasteiger partial charge in [0.15, 0.2) is 0 Å². The van der Waals surface area contributed by atoms with Crippen LogP contribution in [0.5, 0.6) is 0 Å². The molecule has 21 heavy (non-hydrogen) atoms. The highest BCUT2D eigenvalue weighted by molar-refractivity contribution is 5.35. The lowest BCUT2D eigenvalue weighted by molar-refractivity contribution is 0.589. The topological polar surface area (TPSA) is 29.9 Å². The van der Waals surface area contributed by atoms with Crippen LogP contribution in [0.1, 0.15) is 53.5 Å². The molecule has 0 bridgehead atoms. The van der Waals surface area contributed by atoms with E-state index in [0.717, 1.165) is 18.8 Å². The number of nitrogens with one attached hydrogen (secondary N) is 1. The summed E-state index contributed by atoms with van der Waals surface area (Å²) < 4.78 is 2.15. The Bertz CT molecular complexity index is 605. The van der Waals surface area contributed by atoms with Gasteiger partial charge in [-0.2, -0.15) is 5.10 Å². The number of hydrogen-bond donors (Lipinski definition) is 1. The summed E-state index contributed by atoms with van der Waals surface area (Å²) in [7, 11) is 0. The first-order valence-corrected chi connectivity index (χ1v) is 7.78. The van der Waals surface area contributed by atoms with Crippen LogP contribution in [-0.4, -0.2) is 16.3 Å². The van der Waals surface area contributed by atoms with Gasteiger partial charge in [0, 0.05) is 17.3 Å². The molecular weight excluding hydrogens is 258 g/mol. The van der Waals surface area contributed by atoms with E-state index < -0.39 is 0 Å². The zero-order valence-corrected chi connectivity index (χ0v) is 14.1. The number of hydrogen-bond acceptors (Lipinski definition) is 2. The molecule has 1 aromatic heterocycles. The minimum atomic E-state index is 0.349. The monoisotopic (exact) mass is 285 g/mol. The van der Waals surface area contributed by atoms with Crippen molar-refractivity contribution in [3.8, 4) is 0 Å². The van der Waals surface area contributed by atoms with Gasteiger partial charge in [-0.1, -0.05) is 25.1 Å². The fraction of sp³-hybridized carbons (Fsp3) is 0.500. The van der Waals surface area contributed by atoms with Crippen LogP contribution >= 0.6 is 0 Å². The Kier molecular flexibility index (Phi) is 4.84. The van der Waals surface area contributed by atoms with E-state index in [1.807, 2.05) is 0 Å². The van der Waals surface area contributed by atoms with Crippen LogP contribution in [0, 0.1) is 27.7 Å². The molecule has 0 aliphatic heterocycles. The lowest BCUT2D eigenvalue weighted by Crippen LogP contribution is -2.19. The fourth-order valence-electron chi connectivity index (χ4n) is 3.15. The van der Waals surface area contributed by atoms with Crippen molar-refractivity contribution in [3.05, 3.63) is 51.8 Å². The molecule has 1 unspecified atom stereocenters. The fourth-order valence-corrected chi connectivity index (χ4v) is 3.15. The van der Waals surface area contributed by atoms with E-state index >= 15 is 0 Å². The van der Waals surface area contributed by atoms with Crippen molar-refractivity contribution < 1.29 is 0 Å². The third-order valence-corrected chi connectivity index (χ3v) is 4.33. The number of aryl methyl sites for hydroxylation is 3. The molecule has 0 saturated carbocycles. The first kappa shape index (κ1) is 15.8. The molecule has 3 nitrogen and oxygen atoms in total. The van der Waals surface area contributed by atoms with E-state index in [2.05, 4.69) is 69.7 Å². The van der Waals surface area contributed by atoms with Gasteiger partial charge in [0.25, 0.3) is 0 Å². The molecule has 2 rings (SSSR count). The van der Waals surface area contributed by atoms with Crippen LogP contribution in [0.25, 0.3) is 0 Å². The summed E-state index contributed by atoms with van der Waals surface area (Å²) in [5, 5.41) is 8.26. The average molecular weight is 285 g/mol. The van der Waals surface area contributed by atoms with E-state index in [4.69, 9.17) is 5.10 Å². The van der Waals surface area contributed by atoms with Gasteiger partial charge in [-0.15, -0.1) is 0 Å². The SMILES string of the molecule is CCNC(C)c1c(C)nn(Cc2c(C)cccc2C)c1C. The van der Waals surface area contributed by atoms with Crippen molar-refractivity contribution in [1.82, 2.24) is 15.1 Å². The molecular formula is C18H27N3. The van der Waals surface area contributed by atoms with E-state index in [9.17, 15) is 0 Å². The summed E-state index contributed by atoms with van der Waals surface area (Å²) in [6.45, 7) is 14.8. The molecule has 0 saturated heterocycles. The van der Waals surface area contributed by atoms with Crippen LogP contribution in [0.3, 0.4) is 0 Å². The highest BCUT2D eigenvalue weighted by Gasteiger charge is 2.17. The zero-order chi connectivity index (χ0) is 15.6. The predicted molar refractivity (Wildman–Crippen MR) is 88.8 cm³/mol. The normalized spacial score (nSPS) is 12.7. The molecule has 1 N–H and O–H groups in total. The van der Waals surface area contributed by atoms with Crippen molar-refractivity contribution in [1.29, 1.82) is 0 Å². The summed E-state index contributed by atoms with van der Waals surface area (Å²) in [4.78, 5) is 0. The predicted octanol–water partition coefficient (Wildman–Crippen LogP) is 3.84. The van der Waals surface area contributed by atoms with Gasteiger partial charge < -0.3 is 5.32 Å². The standard InChI is InChI=1S/C18H27N3/c1-7-19-14(4)18-15(5)20-21(16(18)6)11-17-12(2)9-8-10-13(17)3/h8-10,14,19H,7,11H2,1-6H3. The lowest BCUT2D eigenvalue weighted by atomic mass is 10.0. The number of aromatic nitrogens is 2. The van der Waals surface area contributed by atoms with E-state index in [1.54, 1.807) is 0 Å². The smallest absolute Gasteiger partial charge is 0.0667 e. The first-order valence-electron chi connectivity index (χ1n) is 7.78. The van der Waals surface area contributed by atoms with E-state index in [-0.39, 0.29) is 0 Å². The van der Waals surface area contributed by atoms with Crippen LogP contribution in [-0.2, 0) is 6.54 Å². The number of rotatable bonds is 5. The summed E-state index contributed by atoms with van der Waals surface area (Å²) in [5.41, 5.74) is 7.79. The number of benzene rings is 1. The molecule has 0 spiro atoms. The van der Waals surface area contributed by atoms with Crippen molar-refractivity contribution in [2.24, 2.45) is 0 Å². The van der Waals surface area contributed by atoms with Crippen LogP contribution < -0.4 is 5.32 Å². The summed E-state index contributed by atoms with van der Waals surface area (Å²) >= 11 is 0. The molecule has 114 valence electrons. The lowest BCUT2D eigenvalue weighted by Gasteiger charge is -2.14. The molecule has 0 fully saturated rings. The van der Waals surface area contributed by atoms with Crippen LogP contribution in [0.4, 0.5) is 0 Å². The Balaban J connectivity index is 2.36. The molecule has 0 radical (unpaired) electrons. The molecule has 3 heteroatoms. The second-order valence-corrected chi connectivity index (χ2v) is 5.89. The minimum Gasteiger partial charge on any atom is -0.310 e. The summed E-state index contributed by atoms with van der Waals surface area (Å²) in [6, 6.07) is 6.82. The Morgan fingerprint density at radius 1 is 1.14 bits per heavy atom. The maximum absolute atomic E-state index is 4.77. The third-order valence-electron chi connectivity index (χ3n) is 4.33. The average Bonchev–Trinajstić information content (AvgIpc) is 2.69. The molecule has 1 atom stereocenters. The van der Waals surface area contributed by atoms with Crippen LogP contribution in [0.15, 0.2) is 18.2 Å². The van der Waals surface area contributed by atoms with Gasteiger partial charge in [0.1, 0.15) is 0 Å². The van der Waals surface area contributed by atoms with Gasteiger partial charge in [-0.25, -0.2) is 0 Å². The zero-order valence-electron chi connectivity index (χ0n) is 14.1. The molecule has 0 aliphatic carbocycles. The highest BCUT2D eigenvalue weighted by Crippen LogP contribution is 2.23. The second kappa shape index (κ2) is 6.44. The molecule has 0 amide bonds. The Labute approximate surface area is 128 Å². The molecule has 2 aromatic rings. The summed E-state index contributed by atoms with van der Waals surface area (Å²) in [6.07, 6.45) is 0. The van der Waals surface area contributed by atoms with Crippen molar-refractivity contribution in [2.75, 3.05) is 6.54 Å². The van der Waals surface area contributed by atoms with E-state index in [1.165, 1.54) is 27.9 Å². The van der Waals surface area contributed by atoms with E-state index in [0.29, 0.717) is 6.04 Å². The maximum atomic E-state index is 4.77. The third kappa shape index (κ3) is 3.18. The van der Waals surface area contributed by atoms with Gasteiger partial charge >= 0.3 is 0 Å². The van der Waals surface area contributed by atoms with Crippen molar-refractivity contribution in [2.45, 2.75) is 54.1 Å². The summed E-state index contributed by atoms with van der Waals surface area (Å²) in [5.74, 6) is 0. The van der Waals surface area contributed by atoms with Gasteiger partial charge in [-0.3, -0.25) is 4.68 Å². The maximum Gasteiger partial charge on any atom is 0.0667 e. The van der Waals surface area contributed by atoms with Gasteiger partial charge in [0.2, 0.25) is 0 Å². The van der Waals surface area contributed by atoms with Crippen molar-refractivity contribution in [3.63, 3.8) is 0 Å². The quantitative estimate of drug-likeness (QED) is 0.904. The highest BCUT2D eigenvalue weighted by atomic mass is 15.3. The Morgan fingerprint density at radius 2 is 1.76 bits per heavy atom. The Hall–Kier alpha value is -1.61. The molecule has 1 aromatic carbocycles. The van der Waals surface area contributed by atoms with Gasteiger partial charge in [0.05, 0.1) is 12.2 Å². The minimum absolute atomic E-state index is 0.349. The van der Waals surface area contributed by atoms with Crippen LogP contribution in [0.2, 0.25) is 0 Å². The first-order chi connectivity index (χ1) is 9.95. The van der Waals surface area contributed by atoms with Gasteiger partial charge in [-0.05, 0) is 57.9 Å². The largest absolute Gasteiger partial charge is 0.310 e. The molecule has 0 aliphatic rings. The second-order valence-electron chi connectivity index (χ2n) is 5.89. The number of nitrogens with zero attached hydrogens (tertiary/aromatic N) is 2. The Morgan fingerprint density at radius 3 is 2.33 bits per heavy atom. The molecule has 1 heterocycles. The van der Waals surface area contributed by atoms with Crippen molar-refractivity contribution >= 4 is 0 Å².